The van der Waals surface area contributed by atoms with Gasteiger partial charge in [0, 0.05) is 37.7 Å². The molecule has 1 unspecified atom stereocenters. The van der Waals surface area contributed by atoms with Crippen molar-refractivity contribution in [2.75, 3.05) is 13.7 Å². The van der Waals surface area contributed by atoms with Crippen molar-refractivity contribution in [1.29, 1.82) is 0 Å². The van der Waals surface area contributed by atoms with Crippen LogP contribution >= 0.6 is 12.4 Å². The molecule has 7 heteroatoms. The summed E-state index contributed by atoms with van der Waals surface area (Å²) in [4.78, 5) is 0. The zero-order valence-corrected chi connectivity index (χ0v) is 16.9. The Balaban J connectivity index is 0.00000243. The number of rotatable bonds is 7. The minimum absolute atomic E-state index is 0. The molecular weight excluding hydrogens is 354 g/mol. The van der Waals surface area contributed by atoms with E-state index in [0.29, 0.717) is 19.7 Å². The van der Waals surface area contributed by atoms with E-state index in [1.165, 1.54) is 5.56 Å². The smallest absolute Gasteiger partial charge is 0.216 e. The molecule has 2 aromatic rings. The van der Waals surface area contributed by atoms with E-state index in [1.54, 1.807) is 11.8 Å². The van der Waals surface area contributed by atoms with Gasteiger partial charge in [0.15, 0.2) is 0 Å². The number of nitrogens with zero attached hydrogens (tertiary/aromatic N) is 2. The van der Waals surface area contributed by atoms with Crippen molar-refractivity contribution in [3.8, 4) is 17.4 Å². The summed E-state index contributed by atoms with van der Waals surface area (Å²) in [7, 11) is 3.56. The molecule has 1 aromatic heterocycles. The molecule has 0 saturated carbocycles. The molecule has 6 nitrogen and oxygen atoms in total. The van der Waals surface area contributed by atoms with Crippen LogP contribution in [0.3, 0.4) is 0 Å². The van der Waals surface area contributed by atoms with E-state index in [-0.39, 0.29) is 18.5 Å². The average molecular weight is 382 g/mol. The highest BCUT2D eigenvalue weighted by atomic mass is 35.5. The summed E-state index contributed by atoms with van der Waals surface area (Å²) in [5.41, 5.74) is 4.39. The second-order valence-electron chi connectivity index (χ2n) is 6.43. The number of hydrogen-bond donors (Lipinski definition) is 1. The van der Waals surface area contributed by atoms with Crippen LogP contribution in [0.2, 0.25) is 0 Å². The molecule has 26 heavy (non-hydrogen) atoms. The van der Waals surface area contributed by atoms with Gasteiger partial charge < -0.3 is 19.5 Å². The van der Waals surface area contributed by atoms with Crippen LogP contribution in [0.1, 0.15) is 36.2 Å². The molecule has 1 aromatic carbocycles. The van der Waals surface area contributed by atoms with E-state index in [0.717, 1.165) is 40.6 Å². The molecule has 144 valence electrons. The Labute approximate surface area is 161 Å². The predicted octanol–water partition coefficient (Wildman–Crippen LogP) is 3.17. The van der Waals surface area contributed by atoms with E-state index in [1.807, 2.05) is 20.9 Å². The molecule has 0 saturated heterocycles. The van der Waals surface area contributed by atoms with Gasteiger partial charge >= 0.3 is 0 Å². The molecule has 2 heterocycles. The standard InChI is InChI=1S/C19H27N3O3.ClH/c1-6-24-17-8-14-7-12(2)25-18(14)9-15(17)10-20-11-16-13(3)21-22(4)19(16)23-5;/h8-9,12,20H,6-7,10-11H2,1-5H3;1H. The van der Waals surface area contributed by atoms with Crippen LogP contribution in [-0.2, 0) is 26.6 Å². The van der Waals surface area contributed by atoms with Crippen molar-refractivity contribution in [2.24, 2.45) is 7.05 Å². The quantitative estimate of drug-likeness (QED) is 0.798. The lowest BCUT2D eigenvalue weighted by molar-refractivity contribution is 0.254. The van der Waals surface area contributed by atoms with Crippen LogP contribution in [-0.4, -0.2) is 29.6 Å². The maximum atomic E-state index is 5.89. The van der Waals surface area contributed by atoms with Crippen LogP contribution in [0.5, 0.6) is 17.4 Å². The molecule has 1 atom stereocenters. The largest absolute Gasteiger partial charge is 0.494 e. The molecule has 0 spiro atoms. The lowest BCUT2D eigenvalue weighted by atomic mass is 10.1. The van der Waals surface area contributed by atoms with Gasteiger partial charge in [0.25, 0.3) is 0 Å². The summed E-state index contributed by atoms with van der Waals surface area (Å²) in [6.07, 6.45) is 1.17. The number of aryl methyl sites for hydroxylation is 2. The van der Waals surface area contributed by atoms with E-state index in [9.17, 15) is 0 Å². The van der Waals surface area contributed by atoms with Gasteiger partial charge in [-0.1, -0.05) is 0 Å². The minimum atomic E-state index is 0. The number of hydrogen-bond acceptors (Lipinski definition) is 5. The fraction of sp³-hybridized carbons (Fsp3) is 0.526. The van der Waals surface area contributed by atoms with Crippen LogP contribution in [0, 0.1) is 6.92 Å². The third-order valence-corrected chi connectivity index (χ3v) is 4.48. The average Bonchev–Trinajstić information content (AvgIpc) is 3.05. The highest BCUT2D eigenvalue weighted by Crippen LogP contribution is 2.35. The first kappa shape index (κ1) is 20.4. The topological polar surface area (TPSA) is 57.5 Å². The van der Waals surface area contributed by atoms with Crippen molar-refractivity contribution in [3.63, 3.8) is 0 Å². The van der Waals surface area contributed by atoms with Gasteiger partial charge in [0.05, 0.1) is 25.0 Å². The molecule has 1 aliphatic heterocycles. The third kappa shape index (κ3) is 4.07. The SMILES string of the molecule is CCOc1cc2c(cc1CNCc1c(C)nn(C)c1OC)OC(C)C2.Cl. The number of aromatic nitrogens is 2. The summed E-state index contributed by atoms with van der Waals surface area (Å²) in [6, 6.07) is 4.22. The molecule has 0 radical (unpaired) electrons. The van der Waals surface area contributed by atoms with Crippen LogP contribution in [0.15, 0.2) is 12.1 Å². The van der Waals surface area contributed by atoms with Gasteiger partial charge in [-0.25, -0.2) is 4.68 Å². The highest BCUT2D eigenvalue weighted by molar-refractivity contribution is 5.85. The number of halogens is 1. The van der Waals surface area contributed by atoms with Gasteiger partial charge in [-0.15, -0.1) is 12.4 Å². The van der Waals surface area contributed by atoms with Crippen LogP contribution in [0.25, 0.3) is 0 Å². The van der Waals surface area contributed by atoms with Gasteiger partial charge in [-0.3, -0.25) is 0 Å². The Hall–Kier alpha value is -1.92. The number of ether oxygens (including phenoxy) is 3. The highest BCUT2D eigenvalue weighted by Gasteiger charge is 2.22. The lowest BCUT2D eigenvalue weighted by Gasteiger charge is -2.13. The van der Waals surface area contributed by atoms with E-state index in [4.69, 9.17) is 14.2 Å². The number of fused-ring (bicyclic) bond motifs is 1. The Morgan fingerprint density at radius 3 is 2.81 bits per heavy atom. The maximum Gasteiger partial charge on any atom is 0.216 e. The molecule has 0 amide bonds. The van der Waals surface area contributed by atoms with Gasteiger partial charge in [-0.05, 0) is 32.9 Å². The first-order valence-corrected chi connectivity index (χ1v) is 8.75. The van der Waals surface area contributed by atoms with Crippen LogP contribution in [0.4, 0.5) is 0 Å². The zero-order chi connectivity index (χ0) is 18.0. The van der Waals surface area contributed by atoms with Crippen molar-refractivity contribution in [3.05, 3.63) is 34.5 Å². The number of nitrogens with one attached hydrogen (secondary N) is 1. The third-order valence-electron chi connectivity index (χ3n) is 4.48. The summed E-state index contributed by atoms with van der Waals surface area (Å²) < 4.78 is 18.9. The van der Waals surface area contributed by atoms with Crippen molar-refractivity contribution in [1.82, 2.24) is 15.1 Å². The first-order chi connectivity index (χ1) is 12.0. The Morgan fingerprint density at radius 2 is 2.12 bits per heavy atom. The second-order valence-corrected chi connectivity index (χ2v) is 6.43. The summed E-state index contributed by atoms with van der Waals surface area (Å²) in [5, 5.41) is 7.90. The fourth-order valence-corrected chi connectivity index (χ4v) is 3.37. The first-order valence-electron chi connectivity index (χ1n) is 8.75. The maximum absolute atomic E-state index is 5.89. The summed E-state index contributed by atoms with van der Waals surface area (Å²) in [5.74, 6) is 2.70. The van der Waals surface area contributed by atoms with Crippen molar-refractivity contribution < 1.29 is 14.2 Å². The normalized spacial score (nSPS) is 15.2. The Kier molecular flexibility index (Phi) is 6.78. The van der Waals surface area contributed by atoms with Crippen molar-refractivity contribution >= 4 is 12.4 Å². The van der Waals surface area contributed by atoms with Gasteiger partial charge in [0.2, 0.25) is 5.88 Å². The summed E-state index contributed by atoms with van der Waals surface area (Å²) in [6.45, 7) is 8.12. The molecular formula is C19H28ClN3O3. The number of methoxy groups -OCH3 is 1. The molecule has 3 rings (SSSR count). The fourth-order valence-electron chi connectivity index (χ4n) is 3.37. The van der Waals surface area contributed by atoms with Crippen LogP contribution < -0.4 is 19.5 Å². The van der Waals surface area contributed by atoms with E-state index in [2.05, 4.69) is 29.5 Å². The Bertz CT molecular complexity index is 761. The molecule has 1 N–H and O–H groups in total. The molecule has 0 bridgehead atoms. The lowest BCUT2D eigenvalue weighted by Crippen LogP contribution is -2.15. The van der Waals surface area contributed by atoms with Crippen molar-refractivity contribution in [2.45, 2.75) is 46.4 Å². The monoisotopic (exact) mass is 381 g/mol. The summed E-state index contributed by atoms with van der Waals surface area (Å²) >= 11 is 0. The molecule has 1 aliphatic rings. The minimum Gasteiger partial charge on any atom is -0.494 e. The van der Waals surface area contributed by atoms with E-state index >= 15 is 0 Å². The van der Waals surface area contributed by atoms with Gasteiger partial charge in [-0.2, -0.15) is 5.10 Å². The second kappa shape index (κ2) is 8.64. The van der Waals surface area contributed by atoms with E-state index < -0.39 is 0 Å². The zero-order valence-electron chi connectivity index (χ0n) is 16.1. The van der Waals surface area contributed by atoms with Gasteiger partial charge in [0.1, 0.15) is 17.6 Å². The number of benzene rings is 1. The molecule has 0 fully saturated rings. The molecule has 0 aliphatic carbocycles. The predicted molar refractivity (Wildman–Crippen MR) is 104 cm³/mol. The Morgan fingerprint density at radius 1 is 1.35 bits per heavy atom.